The van der Waals surface area contributed by atoms with Gasteiger partial charge in [-0.25, -0.2) is 24.4 Å². The average Bonchev–Trinajstić information content (AvgIpc) is 2.35. The molecule has 0 saturated carbocycles. The van der Waals surface area contributed by atoms with Crippen molar-refractivity contribution in [2.45, 2.75) is 0 Å². The molecule has 1 aromatic heterocycles. The Morgan fingerprint density at radius 3 is 2.11 bits per heavy atom. The van der Waals surface area contributed by atoms with Gasteiger partial charge in [0.25, 0.3) is 0 Å². The summed E-state index contributed by atoms with van der Waals surface area (Å²) >= 11 is 0. The third-order valence-electron chi connectivity index (χ3n) is 2.45. The lowest BCUT2D eigenvalue weighted by Gasteiger charge is -2.08. The first-order chi connectivity index (χ1) is 8.93. The molecule has 3 N–H and O–H groups in total. The third kappa shape index (κ3) is 1.95. The van der Waals surface area contributed by atoms with Crippen LogP contribution in [0.5, 0.6) is 0 Å². The van der Waals surface area contributed by atoms with Gasteiger partial charge in [-0.15, -0.1) is 0 Å². The smallest absolute Gasteiger partial charge is 0.338 e. The van der Waals surface area contributed by atoms with Crippen molar-refractivity contribution >= 4 is 28.8 Å². The first-order valence-corrected chi connectivity index (χ1v) is 4.90. The Morgan fingerprint density at radius 2 is 1.58 bits per heavy atom. The predicted octanol–water partition coefficient (Wildman–Crippen LogP) is 0.724. The van der Waals surface area contributed by atoms with Crippen LogP contribution in [0.2, 0.25) is 0 Å². The van der Waals surface area contributed by atoms with Gasteiger partial charge in [0.2, 0.25) is 0 Å². The maximum atomic E-state index is 11.2. The topological polar surface area (TPSA) is 138 Å². The van der Waals surface area contributed by atoms with Crippen LogP contribution in [-0.4, -0.2) is 43.2 Å². The molecule has 2 aromatic rings. The zero-order valence-corrected chi connectivity index (χ0v) is 9.19. The van der Waals surface area contributed by atoms with Gasteiger partial charge in [-0.1, -0.05) is 0 Å². The zero-order chi connectivity index (χ0) is 14.2. The fourth-order valence-corrected chi connectivity index (χ4v) is 1.73. The van der Waals surface area contributed by atoms with Crippen molar-refractivity contribution in [3.05, 3.63) is 35.3 Å². The average molecular weight is 262 g/mol. The number of fused-ring (bicyclic) bond motifs is 1. The number of benzene rings is 1. The summed E-state index contributed by atoms with van der Waals surface area (Å²) in [6.45, 7) is 0. The quantitative estimate of drug-likeness (QED) is 0.735. The molecule has 8 nitrogen and oxygen atoms in total. The first kappa shape index (κ1) is 12.4. The molecule has 0 spiro atoms. The Kier molecular flexibility index (Phi) is 2.83. The van der Waals surface area contributed by atoms with Gasteiger partial charge in [0.05, 0.1) is 16.6 Å². The highest BCUT2D eigenvalue weighted by Gasteiger charge is 2.27. The summed E-state index contributed by atoms with van der Waals surface area (Å²) in [5, 5.41) is 27.3. The molecule has 0 amide bonds. The molecule has 19 heavy (non-hydrogen) atoms. The van der Waals surface area contributed by atoms with E-state index in [1.165, 1.54) is 6.20 Å². The van der Waals surface area contributed by atoms with Crippen LogP contribution in [0.25, 0.3) is 10.9 Å². The molecule has 0 aliphatic rings. The SMILES string of the molecule is O=C(O)c1cc2cncnc2c(C(=O)O)c1C(=O)O. The molecule has 0 aliphatic heterocycles. The van der Waals surface area contributed by atoms with Gasteiger partial charge in [0, 0.05) is 11.6 Å². The van der Waals surface area contributed by atoms with E-state index in [9.17, 15) is 14.4 Å². The standard InChI is InChI=1S/C11H6N2O6/c14-9(15)5-1-4-2-12-3-13-8(4)7(11(18)19)6(5)10(16)17/h1-3H,(H,14,15)(H,16,17)(H,18,19). The minimum atomic E-state index is -1.64. The van der Waals surface area contributed by atoms with Crippen molar-refractivity contribution in [3.8, 4) is 0 Å². The van der Waals surface area contributed by atoms with E-state index in [0.717, 1.165) is 12.4 Å². The largest absolute Gasteiger partial charge is 0.478 e. The molecule has 0 radical (unpaired) electrons. The van der Waals surface area contributed by atoms with E-state index < -0.39 is 34.6 Å². The number of rotatable bonds is 3. The Labute approximate surface area is 105 Å². The van der Waals surface area contributed by atoms with E-state index in [1.54, 1.807) is 0 Å². The lowest BCUT2D eigenvalue weighted by atomic mass is 9.97. The highest BCUT2D eigenvalue weighted by Crippen LogP contribution is 2.24. The predicted molar refractivity (Wildman–Crippen MR) is 60.4 cm³/mol. The molecule has 0 aliphatic carbocycles. The highest BCUT2D eigenvalue weighted by atomic mass is 16.4. The van der Waals surface area contributed by atoms with Gasteiger partial charge in [-0.2, -0.15) is 0 Å². The molecular formula is C11H6N2O6. The van der Waals surface area contributed by atoms with Gasteiger partial charge in [0.1, 0.15) is 11.9 Å². The molecule has 1 aromatic carbocycles. The van der Waals surface area contributed by atoms with Crippen LogP contribution >= 0.6 is 0 Å². The third-order valence-corrected chi connectivity index (χ3v) is 2.45. The summed E-state index contributed by atoms with van der Waals surface area (Å²) in [5.74, 6) is -4.75. The van der Waals surface area contributed by atoms with Crippen molar-refractivity contribution in [1.29, 1.82) is 0 Å². The maximum Gasteiger partial charge on any atom is 0.338 e. The van der Waals surface area contributed by atoms with Crippen LogP contribution in [0.4, 0.5) is 0 Å². The first-order valence-electron chi connectivity index (χ1n) is 4.90. The van der Waals surface area contributed by atoms with Crippen molar-refractivity contribution in [3.63, 3.8) is 0 Å². The van der Waals surface area contributed by atoms with Gasteiger partial charge >= 0.3 is 17.9 Å². The van der Waals surface area contributed by atoms with Gasteiger partial charge in [0.15, 0.2) is 0 Å². The van der Waals surface area contributed by atoms with Crippen LogP contribution < -0.4 is 0 Å². The molecule has 1 heterocycles. The number of aromatic carboxylic acids is 3. The molecule has 0 fully saturated rings. The van der Waals surface area contributed by atoms with Crippen molar-refractivity contribution in [2.24, 2.45) is 0 Å². The number of carboxylic acid groups (broad SMARTS) is 3. The minimum Gasteiger partial charge on any atom is -0.478 e. The van der Waals surface area contributed by atoms with Crippen LogP contribution in [0.3, 0.4) is 0 Å². The maximum absolute atomic E-state index is 11.2. The summed E-state index contributed by atoms with van der Waals surface area (Å²) in [7, 11) is 0. The highest BCUT2D eigenvalue weighted by molar-refractivity contribution is 6.15. The number of hydrogen-bond acceptors (Lipinski definition) is 5. The number of nitrogens with zero attached hydrogens (tertiary/aromatic N) is 2. The summed E-state index contributed by atoms with van der Waals surface area (Å²) in [6.07, 6.45) is 2.27. The molecule has 8 heteroatoms. The number of hydrogen-bond donors (Lipinski definition) is 3. The fourth-order valence-electron chi connectivity index (χ4n) is 1.73. The summed E-state index contributed by atoms with van der Waals surface area (Å²) in [6, 6.07) is 1.04. The van der Waals surface area contributed by atoms with E-state index in [1.807, 2.05) is 0 Å². The molecule has 0 saturated heterocycles. The monoisotopic (exact) mass is 262 g/mol. The Bertz CT molecular complexity index is 724. The Hall–Kier alpha value is -3.03. The lowest BCUT2D eigenvalue weighted by molar-refractivity contribution is 0.0634. The lowest BCUT2D eigenvalue weighted by Crippen LogP contribution is -2.16. The van der Waals surface area contributed by atoms with E-state index in [4.69, 9.17) is 15.3 Å². The zero-order valence-electron chi connectivity index (χ0n) is 9.19. The Balaban J connectivity index is 3.04. The summed E-state index contributed by atoms with van der Waals surface area (Å²) in [4.78, 5) is 40.7. The van der Waals surface area contributed by atoms with Crippen molar-refractivity contribution in [1.82, 2.24) is 9.97 Å². The van der Waals surface area contributed by atoms with Crippen molar-refractivity contribution < 1.29 is 29.7 Å². The van der Waals surface area contributed by atoms with Gasteiger partial charge in [-0.3, -0.25) is 0 Å². The number of carboxylic acids is 3. The van der Waals surface area contributed by atoms with Crippen LogP contribution in [-0.2, 0) is 0 Å². The Morgan fingerprint density at radius 1 is 0.947 bits per heavy atom. The van der Waals surface area contributed by atoms with Gasteiger partial charge in [-0.05, 0) is 6.07 Å². The van der Waals surface area contributed by atoms with E-state index in [2.05, 4.69) is 9.97 Å². The molecule has 2 rings (SSSR count). The molecular weight excluding hydrogens is 256 g/mol. The molecule has 96 valence electrons. The second kappa shape index (κ2) is 4.33. The normalized spacial score (nSPS) is 10.3. The summed E-state index contributed by atoms with van der Waals surface area (Å²) in [5.41, 5.74) is -2.20. The minimum absolute atomic E-state index is 0.120. The summed E-state index contributed by atoms with van der Waals surface area (Å²) < 4.78 is 0. The molecule has 0 bridgehead atoms. The van der Waals surface area contributed by atoms with E-state index in [0.29, 0.717) is 0 Å². The fraction of sp³-hybridized carbons (Fsp3) is 0. The second-order valence-corrected chi connectivity index (χ2v) is 3.55. The van der Waals surface area contributed by atoms with Crippen LogP contribution in [0.15, 0.2) is 18.6 Å². The molecule has 0 atom stereocenters. The van der Waals surface area contributed by atoms with Crippen LogP contribution in [0.1, 0.15) is 31.1 Å². The van der Waals surface area contributed by atoms with Crippen LogP contribution in [0, 0.1) is 0 Å². The number of carbonyl (C=O) groups is 3. The van der Waals surface area contributed by atoms with E-state index >= 15 is 0 Å². The van der Waals surface area contributed by atoms with E-state index in [-0.39, 0.29) is 10.9 Å². The molecule has 0 unspecified atom stereocenters. The second-order valence-electron chi connectivity index (χ2n) is 3.55. The number of aromatic nitrogens is 2. The van der Waals surface area contributed by atoms with Gasteiger partial charge < -0.3 is 15.3 Å². The van der Waals surface area contributed by atoms with Crippen molar-refractivity contribution in [2.75, 3.05) is 0 Å².